The van der Waals surface area contributed by atoms with E-state index in [2.05, 4.69) is 0 Å². The van der Waals surface area contributed by atoms with Crippen molar-refractivity contribution in [2.45, 2.75) is 0 Å². The highest BCUT2D eigenvalue weighted by Gasteiger charge is 2.23. The van der Waals surface area contributed by atoms with E-state index in [1.54, 1.807) is 0 Å². The van der Waals surface area contributed by atoms with Crippen molar-refractivity contribution in [1.29, 1.82) is 0 Å². The summed E-state index contributed by atoms with van der Waals surface area (Å²) >= 11 is 6.22. The van der Waals surface area contributed by atoms with Gasteiger partial charge in [-0.15, -0.1) is 0 Å². The summed E-state index contributed by atoms with van der Waals surface area (Å²) < 4.78 is 54.2. The Balaban J connectivity index is 2.45. The van der Waals surface area contributed by atoms with Gasteiger partial charge in [0.05, 0.1) is 14.2 Å². The molecule has 1 aromatic heterocycles. The van der Waals surface area contributed by atoms with Crippen LogP contribution in [-0.4, -0.2) is 18.8 Å². The topological polar surface area (TPSA) is 40.5 Å². The molecule has 2 aromatic carbocycles. The van der Waals surface area contributed by atoms with Crippen molar-refractivity contribution in [3.63, 3.8) is 0 Å². The van der Waals surface area contributed by atoms with Crippen LogP contribution in [-0.2, 0) is 7.05 Å². The van der Waals surface area contributed by atoms with Crippen molar-refractivity contribution in [3.8, 4) is 33.8 Å². The van der Waals surface area contributed by atoms with E-state index in [9.17, 15) is 13.6 Å². The molecule has 0 aliphatic rings. The average Bonchev–Trinajstić information content (AvgIpc) is 2.67. The van der Waals surface area contributed by atoms with Crippen molar-refractivity contribution >= 4 is 11.6 Å². The highest BCUT2D eigenvalue weighted by Crippen LogP contribution is 2.41. The van der Waals surface area contributed by atoms with Gasteiger partial charge in [0.15, 0.2) is 11.6 Å². The van der Waals surface area contributed by atoms with Gasteiger partial charge in [-0.3, -0.25) is 4.79 Å². The molecule has 3 aromatic rings. The number of nitrogens with zero attached hydrogens (tertiary/aromatic N) is 1. The van der Waals surface area contributed by atoms with Crippen molar-refractivity contribution < 1.29 is 22.6 Å². The zero-order chi connectivity index (χ0) is 20.6. The molecule has 4 nitrogen and oxygen atoms in total. The fourth-order valence-electron chi connectivity index (χ4n) is 2.89. The molecule has 0 radical (unpaired) electrons. The molecular formula is C20H15ClF3NO3. The lowest BCUT2D eigenvalue weighted by Crippen LogP contribution is -2.18. The molecule has 0 atom stereocenters. The molecular weight excluding hydrogens is 395 g/mol. The van der Waals surface area contributed by atoms with E-state index in [0.29, 0.717) is 6.07 Å². The number of halogens is 4. The number of rotatable bonds is 4. The lowest BCUT2D eigenvalue weighted by atomic mass is 9.95. The second kappa shape index (κ2) is 7.59. The summed E-state index contributed by atoms with van der Waals surface area (Å²) in [6, 6.07) is 5.55. The molecule has 0 spiro atoms. The molecule has 0 aliphatic carbocycles. The van der Waals surface area contributed by atoms with Gasteiger partial charge < -0.3 is 14.0 Å². The highest BCUT2D eigenvalue weighted by atomic mass is 35.5. The monoisotopic (exact) mass is 409 g/mol. The van der Waals surface area contributed by atoms with Crippen LogP contribution < -0.4 is 15.0 Å². The van der Waals surface area contributed by atoms with Crippen LogP contribution in [0, 0.1) is 17.5 Å². The van der Waals surface area contributed by atoms with Crippen LogP contribution >= 0.6 is 11.6 Å². The molecule has 0 amide bonds. The molecule has 0 fully saturated rings. The standard InChI is InChI=1S/C20H15ClF3NO3/c1-25-9-14(13-7-11(27-2)8-16(28-3)19(13)24)17(18(21)20(25)26)12-5-4-10(22)6-15(12)23/h4-9H,1-3H3. The van der Waals surface area contributed by atoms with Crippen molar-refractivity contribution in [2.24, 2.45) is 7.05 Å². The predicted octanol–water partition coefficient (Wildman–Crippen LogP) is 4.81. The molecule has 8 heteroatoms. The van der Waals surface area contributed by atoms with E-state index >= 15 is 4.39 Å². The van der Waals surface area contributed by atoms with Crippen LogP contribution in [0.4, 0.5) is 13.2 Å². The summed E-state index contributed by atoms with van der Waals surface area (Å²) in [5, 5.41) is -0.327. The second-order valence-electron chi connectivity index (χ2n) is 5.96. The summed E-state index contributed by atoms with van der Waals surface area (Å²) in [6.45, 7) is 0. The molecule has 1 heterocycles. The third-order valence-electron chi connectivity index (χ3n) is 4.28. The van der Waals surface area contributed by atoms with Gasteiger partial charge in [0, 0.05) is 47.6 Å². The van der Waals surface area contributed by atoms with E-state index in [1.165, 1.54) is 39.6 Å². The smallest absolute Gasteiger partial charge is 0.269 e. The minimum absolute atomic E-state index is 0.0209. The van der Waals surface area contributed by atoms with E-state index < -0.39 is 23.0 Å². The van der Waals surface area contributed by atoms with Gasteiger partial charge >= 0.3 is 0 Å². The lowest BCUT2D eigenvalue weighted by molar-refractivity contribution is 0.375. The van der Waals surface area contributed by atoms with Crippen molar-refractivity contribution in [2.75, 3.05) is 14.2 Å². The number of benzene rings is 2. The summed E-state index contributed by atoms with van der Waals surface area (Å²) in [4.78, 5) is 12.3. The number of hydrogen-bond donors (Lipinski definition) is 0. The van der Waals surface area contributed by atoms with Gasteiger partial charge in [-0.1, -0.05) is 11.6 Å². The van der Waals surface area contributed by atoms with Gasteiger partial charge in [0.25, 0.3) is 5.56 Å². The first-order valence-electron chi connectivity index (χ1n) is 8.05. The van der Waals surface area contributed by atoms with E-state index in [1.807, 2.05) is 0 Å². The molecule has 0 saturated carbocycles. The summed E-state index contributed by atoms with van der Waals surface area (Å²) in [5.41, 5.74) is -0.712. The van der Waals surface area contributed by atoms with Gasteiger partial charge in [-0.05, 0) is 18.2 Å². The molecule has 3 rings (SSSR count). The number of hydrogen-bond acceptors (Lipinski definition) is 3. The molecule has 28 heavy (non-hydrogen) atoms. The third kappa shape index (κ3) is 3.33. The van der Waals surface area contributed by atoms with Crippen molar-refractivity contribution in [1.82, 2.24) is 4.57 Å². The summed E-state index contributed by atoms with van der Waals surface area (Å²) in [6.07, 6.45) is 1.32. The van der Waals surface area contributed by atoms with Crippen LogP contribution in [0.15, 0.2) is 41.3 Å². The maximum absolute atomic E-state index is 15.0. The Labute approximate surface area is 163 Å². The maximum atomic E-state index is 15.0. The Morgan fingerprint density at radius 1 is 0.964 bits per heavy atom. The van der Waals surface area contributed by atoms with E-state index in [-0.39, 0.29) is 38.8 Å². The number of ether oxygens (including phenoxy) is 2. The fourth-order valence-corrected chi connectivity index (χ4v) is 3.23. The van der Waals surface area contributed by atoms with Gasteiger partial charge in [-0.25, -0.2) is 13.2 Å². The largest absolute Gasteiger partial charge is 0.497 e. The Kier molecular flexibility index (Phi) is 5.38. The van der Waals surface area contributed by atoms with Crippen LogP contribution in [0.25, 0.3) is 22.3 Å². The number of aryl methyl sites for hydroxylation is 1. The number of pyridine rings is 1. The quantitative estimate of drug-likeness (QED) is 0.621. The first kappa shape index (κ1) is 19.8. The lowest BCUT2D eigenvalue weighted by Gasteiger charge is -2.17. The zero-order valence-corrected chi connectivity index (χ0v) is 15.9. The SMILES string of the molecule is COc1cc(OC)c(F)c(-c2cn(C)c(=O)c(Cl)c2-c2ccc(F)cc2F)c1. The normalized spacial score (nSPS) is 10.8. The minimum Gasteiger partial charge on any atom is -0.497 e. The average molecular weight is 410 g/mol. The van der Waals surface area contributed by atoms with Crippen LogP contribution in [0.2, 0.25) is 5.02 Å². The minimum atomic E-state index is -0.938. The maximum Gasteiger partial charge on any atom is 0.269 e. The Morgan fingerprint density at radius 3 is 2.29 bits per heavy atom. The second-order valence-corrected chi connectivity index (χ2v) is 6.34. The van der Waals surface area contributed by atoms with Crippen LogP contribution in [0.1, 0.15) is 0 Å². The summed E-state index contributed by atoms with van der Waals surface area (Å²) in [7, 11) is 4.11. The molecule has 146 valence electrons. The van der Waals surface area contributed by atoms with Crippen LogP contribution in [0.5, 0.6) is 11.5 Å². The number of methoxy groups -OCH3 is 2. The van der Waals surface area contributed by atoms with E-state index in [4.69, 9.17) is 21.1 Å². The zero-order valence-electron chi connectivity index (χ0n) is 15.1. The molecule has 0 saturated heterocycles. The Hall–Kier alpha value is -2.93. The molecule has 0 N–H and O–H groups in total. The van der Waals surface area contributed by atoms with Crippen LogP contribution in [0.3, 0.4) is 0 Å². The highest BCUT2D eigenvalue weighted by molar-refractivity contribution is 6.34. The molecule has 0 bridgehead atoms. The van der Waals surface area contributed by atoms with Crippen molar-refractivity contribution in [3.05, 3.63) is 69.4 Å². The van der Waals surface area contributed by atoms with Gasteiger partial charge in [0.1, 0.15) is 22.4 Å². The summed E-state index contributed by atoms with van der Waals surface area (Å²) in [5.74, 6) is -2.31. The first-order valence-corrected chi connectivity index (χ1v) is 8.42. The first-order chi connectivity index (χ1) is 13.3. The van der Waals surface area contributed by atoms with Gasteiger partial charge in [0.2, 0.25) is 0 Å². The molecule has 0 aliphatic heterocycles. The Bertz CT molecular complexity index is 1130. The van der Waals surface area contributed by atoms with E-state index in [0.717, 1.165) is 16.7 Å². The fraction of sp³-hybridized carbons (Fsp3) is 0.150. The third-order valence-corrected chi connectivity index (χ3v) is 4.63. The molecule has 0 unspecified atom stereocenters. The number of aromatic nitrogens is 1. The van der Waals surface area contributed by atoms with Gasteiger partial charge in [-0.2, -0.15) is 0 Å². The predicted molar refractivity (Wildman–Crippen MR) is 101 cm³/mol. The Morgan fingerprint density at radius 2 is 1.68 bits per heavy atom.